The van der Waals surface area contributed by atoms with Crippen LogP contribution in [0.5, 0.6) is 5.75 Å². The van der Waals surface area contributed by atoms with Gasteiger partial charge in [-0.2, -0.15) is 0 Å². The maximum Gasteiger partial charge on any atom is 0.264 e. The summed E-state index contributed by atoms with van der Waals surface area (Å²) in [5.41, 5.74) is 0.903. The van der Waals surface area contributed by atoms with Crippen molar-refractivity contribution in [3.05, 3.63) is 83.3 Å². The van der Waals surface area contributed by atoms with Gasteiger partial charge >= 0.3 is 0 Å². The third-order valence-electron chi connectivity index (χ3n) is 4.09. The van der Waals surface area contributed by atoms with E-state index in [1.54, 1.807) is 66.7 Å². The van der Waals surface area contributed by atoms with Crippen molar-refractivity contribution in [2.24, 2.45) is 0 Å². The number of hydrogen-bond donors (Lipinski definition) is 1. The number of carbonyl (C=O) groups excluding carboxylic acids is 1. The second-order valence-electron chi connectivity index (χ2n) is 6.08. The SMILES string of the molecule is COc1cccc(NC(=O)CN(c2ccc(Br)cc2)S(=O)(=O)c2ccccc2)c1. The number of hydrogen-bond acceptors (Lipinski definition) is 4. The number of amides is 1. The van der Waals surface area contributed by atoms with Gasteiger partial charge in [0.25, 0.3) is 10.0 Å². The molecule has 150 valence electrons. The van der Waals surface area contributed by atoms with E-state index in [1.807, 2.05) is 0 Å². The van der Waals surface area contributed by atoms with Crippen LogP contribution in [0.15, 0.2) is 88.2 Å². The Bertz CT molecular complexity index is 1090. The van der Waals surface area contributed by atoms with Crippen LogP contribution in [-0.2, 0) is 14.8 Å². The molecule has 6 nitrogen and oxygen atoms in total. The topological polar surface area (TPSA) is 75.7 Å². The number of nitrogens with one attached hydrogen (secondary N) is 1. The van der Waals surface area contributed by atoms with Gasteiger partial charge in [0.15, 0.2) is 0 Å². The van der Waals surface area contributed by atoms with E-state index < -0.39 is 15.9 Å². The van der Waals surface area contributed by atoms with Crippen LogP contribution in [0.3, 0.4) is 0 Å². The quantitative estimate of drug-likeness (QED) is 0.553. The second kappa shape index (κ2) is 9.11. The summed E-state index contributed by atoms with van der Waals surface area (Å²) in [6.07, 6.45) is 0. The zero-order valence-corrected chi connectivity index (χ0v) is 18.0. The predicted molar refractivity (Wildman–Crippen MR) is 117 cm³/mol. The molecule has 29 heavy (non-hydrogen) atoms. The van der Waals surface area contributed by atoms with Gasteiger partial charge in [-0.3, -0.25) is 9.10 Å². The van der Waals surface area contributed by atoms with Gasteiger partial charge in [0.1, 0.15) is 12.3 Å². The molecule has 8 heteroatoms. The fraction of sp³-hybridized carbons (Fsp3) is 0.0952. The zero-order valence-electron chi connectivity index (χ0n) is 15.6. The Morgan fingerprint density at radius 1 is 1.00 bits per heavy atom. The largest absolute Gasteiger partial charge is 0.497 e. The third kappa shape index (κ3) is 5.16. The number of ether oxygens (including phenoxy) is 1. The minimum atomic E-state index is -3.93. The first-order valence-corrected chi connectivity index (χ1v) is 10.9. The summed E-state index contributed by atoms with van der Waals surface area (Å²) in [6, 6.07) is 21.6. The lowest BCUT2D eigenvalue weighted by molar-refractivity contribution is -0.114. The molecule has 1 amide bonds. The minimum Gasteiger partial charge on any atom is -0.497 e. The Labute approximate surface area is 178 Å². The fourth-order valence-corrected chi connectivity index (χ4v) is 4.38. The number of halogens is 1. The van der Waals surface area contributed by atoms with Crippen LogP contribution >= 0.6 is 15.9 Å². The summed E-state index contributed by atoms with van der Waals surface area (Å²) < 4.78 is 33.5. The summed E-state index contributed by atoms with van der Waals surface area (Å²) in [5, 5.41) is 2.72. The van der Waals surface area contributed by atoms with Gasteiger partial charge in [0.05, 0.1) is 17.7 Å². The Morgan fingerprint density at radius 3 is 2.34 bits per heavy atom. The van der Waals surface area contributed by atoms with Crippen LogP contribution in [0.25, 0.3) is 0 Å². The molecule has 0 unspecified atom stereocenters. The van der Waals surface area contributed by atoms with Crippen molar-refractivity contribution in [2.45, 2.75) is 4.90 Å². The maximum absolute atomic E-state index is 13.2. The highest BCUT2D eigenvalue weighted by atomic mass is 79.9. The molecule has 0 saturated carbocycles. The lowest BCUT2D eigenvalue weighted by Gasteiger charge is -2.24. The van der Waals surface area contributed by atoms with Crippen LogP contribution in [-0.4, -0.2) is 28.0 Å². The van der Waals surface area contributed by atoms with Gasteiger partial charge in [0, 0.05) is 16.2 Å². The molecule has 3 rings (SSSR count). The molecular weight excluding hydrogens is 456 g/mol. The molecule has 1 N–H and O–H groups in total. The molecule has 0 radical (unpaired) electrons. The number of methoxy groups -OCH3 is 1. The van der Waals surface area contributed by atoms with Crippen LogP contribution in [0.2, 0.25) is 0 Å². The summed E-state index contributed by atoms with van der Waals surface area (Å²) >= 11 is 3.34. The van der Waals surface area contributed by atoms with E-state index in [0.29, 0.717) is 17.1 Å². The Hall–Kier alpha value is -2.84. The minimum absolute atomic E-state index is 0.108. The molecule has 0 heterocycles. The van der Waals surface area contributed by atoms with E-state index in [0.717, 1.165) is 8.78 Å². The van der Waals surface area contributed by atoms with Crippen molar-refractivity contribution in [1.82, 2.24) is 0 Å². The summed E-state index contributed by atoms with van der Waals surface area (Å²) in [4.78, 5) is 12.8. The first-order chi connectivity index (χ1) is 13.9. The molecule has 0 fully saturated rings. The number of nitrogens with zero attached hydrogens (tertiary/aromatic N) is 1. The zero-order chi connectivity index (χ0) is 20.9. The van der Waals surface area contributed by atoms with E-state index >= 15 is 0 Å². The van der Waals surface area contributed by atoms with Gasteiger partial charge in [-0.25, -0.2) is 8.42 Å². The molecule has 3 aromatic rings. The maximum atomic E-state index is 13.2. The van der Waals surface area contributed by atoms with Gasteiger partial charge in [-0.15, -0.1) is 0 Å². The molecule has 0 bridgehead atoms. The van der Waals surface area contributed by atoms with E-state index in [-0.39, 0.29) is 11.4 Å². The number of sulfonamides is 1. The number of anilines is 2. The normalized spacial score (nSPS) is 11.0. The molecule has 0 aliphatic rings. The first-order valence-electron chi connectivity index (χ1n) is 8.67. The van der Waals surface area contributed by atoms with Crippen LogP contribution < -0.4 is 14.4 Å². The fourth-order valence-electron chi connectivity index (χ4n) is 2.67. The van der Waals surface area contributed by atoms with Crippen LogP contribution in [0.1, 0.15) is 0 Å². The third-order valence-corrected chi connectivity index (χ3v) is 6.40. The van der Waals surface area contributed by atoms with E-state index in [4.69, 9.17) is 4.74 Å². The number of carbonyl (C=O) groups is 1. The molecule has 0 spiro atoms. The van der Waals surface area contributed by atoms with Crippen molar-refractivity contribution in [2.75, 3.05) is 23.3 Å². The Kier molecular flexibility index (Phi) is 6.56. The molecule has 0 saturated heterocycles. The molecular formula is C21H19BrN2O4S. The summed E-state index contributed by atoms with van der Waals surface area (Å²) in [5.74, 6) is 0.116. The number of benzene rings is 3. The highest BCUT2D eigenvalue weighted by Gasteiger charge is 2.27. The van der Waals surface area contributed by atoms with Crippen molar-refractivity contribution >= 4 is 43.2 Å². The van der Waals surface area contributed by atoms with E-state index in [1.165, 1.54) is 19.2 Å². The van der Waals surface area contributed by atoms with E-state index in [9.17, 15) is 13.2 Å². The van der Waals surface area contributed by atoms with E-state index in [2.05, 4.69) is 21.2 Å². The highest BCUT2D eigenvalue weighted by Crippen LogP contribution is 2.25. The standard InChI is InChI=1S/C21H19BrN2O4S/c1-28-19-7-5-6-17(14-19)23-21(25)15-24(18-12-10-16(22)11-13-18)29(26,27)20-8-3-2-4-9-20/h2-14H,15H2,1H3,(H,23,25). The lowest BCUT2D eigenvalue weighted by Crippen LogP contribution is -2.38. The summed E-state index contributed by atoms with van der Waals surface area (Å²) in [7, 11) is -2.40. The Balaban J connectivity index is 1.91. The second-order valence-corrected chi connectivity index (χ2v) is 8.86. The van der Waals surface area contributed by atoms with Gasteiger partial charge in [-0.1, -0.05) is 40.2 Å². The molecule has 0 atom stereocenters. The van der Waals surface area contributed by atoms with Gasteiger partial charge < -0.3 is 10.1 Å². The highest BCUT2D eigenvalue weighted by molar-refractivity contribution is 9.10. The average Bonchev–Trinajstić information content (AvgIpc) is 2.73. The molecule has 0 aliphatic carbocycles. The van der Waals surface area contributed by atoms with Crippen LogP contribution in [0, 0.1) is 0 Å². The monoisotopic (exact) mass is 474 g/mol. The summed E-state index contributed by atoms with van der Waals surface area (Å²) in [6.45, 7) is -0.379. The molecule has 3 aromatic carbocycles. The van der Waals surface area contributed by atoms with Gasteiger partial charge in [0.2, 0.25) is 5.91 Å². The molecule has 0 aromatic heterocycles. The van der Waals surface area contributed by atoms with Gasteiger partial charge in [-0.05, 0) is 48.5 Å². The lowest BCUT2D eigenvalue weighted by atomic mass is 10.3. The first kappa shape index (κ1) is 20.9. The van der Waals surface area contributed by atoms with Crippen molar-refractivity contribution in [3.63, 3.8) is 0 Å². The van der Waals surface area contributed by atoms with Crippen molar-refractivity contribution < 1.29 is 17.9 Å². The predicted octanol–water partition coefficient (Wildman–Crippen LogP) is 4.29. The Morgan fingerprint density at radius 2 is 1.69 bits per heavy atom. The number of rotatable bonds is 7. The van der Waals surface area contributed by atoms with Crippen molar-refractivity contribution in [1.29, 1.82) is 0 Å². The van der Waals surface area contributed by atoms with Crippen LogP contribution in [0.4, 0.5) is 11.4 Å². The molecule has 0 aliphatic heterocycles. The smallest absolute Gasteiger partial charge is 0.264 e. The van der Waals surface area contributed by atoms with Crippen molar-refractivity contribution in [3.8, 4) is 5.75 Å². The average molecular weight is 475 g/mol.